The van der Waals surface area contributed by atoms with Crippen molar-refractivity contribution in [2.45, 2.75) is 13.5 Å². The van der Waals surface area contributed by atoms with Crippen molar-refractivity contribution < 1.29 is 4.52 Å². The van der Waals surface area contributed by atoms with Gasteiger partial charge in [0.05, 0.1) is 34.8 Å². The largest absolute Gasteiger partial charge is 0.333 e. The predicted molar refractivity (Wildman–Crippen MR) is 123 cm³/mol. The van der Waals surface area contributed by atoms with Gasteiger partial charge in [-0.15, -0.1) is 11.3 Å². The van der Waals surface area contributed by atoms with E-state index in [1.54, 1.807) is 30.3 Å². The number of hydrogen-bond donors (Lipinski definition) is 0. The fraction of sp³-hybridized carbons (Fsp3) is 0.0870. The van der Waals surface area contributed by atoms with E-state index in [9.17, 15) is 4.79 Å². The highest BCUT2D eigenvalue weighted by atomic mass is 35.5. The first kappa shape index (κ1) is 20.1. The molecule has 7 nitrogen and oxygen atoms in total. The second kappa shape index (κ2) is 8.04. The fourth-order valence-electron chi connectivity index (χ4n) is 3.44. The molecule has 0 aliphatic carbocycles. The summed E-state index contributed by atoms with van der Waals surface area (Å²) in [4.78, 5) is 23.5. The number of halogens is 1. The number of benzene rings is 2. The monoisotopic (exact) mass is 459 g/mol. The van der Waals surface area contributed by atoms with Crippen LogP contribution in [0.15, 0.2) is 64.2 Å². The Hall–Kier alpha value is -3.80. The highest BCUT2D eigenvalue weighted by molar-refractivity contribution is 7.22. The van der Waals surface area contributed by atoms with Gasteiger partial charge in [-0.3, -0.25) is 9.36 Å². The van der Waals surface area contributed by atoms with Gasteiger partial charge in [-0.1, -0.05) is 28.9 Å². The van der Waals surface area contributed by atoms with E-state index in [1.807, 2.05) is 25.1 Å². The number of thiophene rings is 1. The van der Waals surface area contributed by atoms with Crippen molar-refractivity contribution in [1.82, 2.24) is 19.7 Å². The number of rotatable bonds is 4. The van der Waals surface area contributed by atoms with Gasteiger partial charge in [-0.2, -0.15) is 10.2 Å². The summed E-state index contributed by atoms with van der Waals surface area (Å²) >= 11 is 7.28. The molecule has 0 radical (unpaired) electrons. The van der Waals surface area contributed by atoms with Crippen LogP contribution >= 0.6 is 22.9 Å². The van der Waals surface area contributed by atoms with Crippen molar-refractivity contribution in [2.24, 2.45) is 0 Å². The lowest BCUT2D eigenvalue weighted by Gasteiger charge is -2.06. The molecule has 0 saturated heterocycles. The van der Waals surface area contributed by atoms with E-state index in [0.717, 1.165) is 16.7 Å². The fourth-order valence-corrected chi connectivity index (χ4v) is 4.63. The molecular weight excluding hydrogens is 446 g/mol. The van der Waals surface area contributed by atoms with Gasteiger partial charge in [0.15, 0.2) is 0 Å². The molecule has 3 heterocycles. The van der Waals surface area contributed by atoms with Crippen molar-refractivity contribution in [2.75, 3.05) is 0 Å². The van der Waals surface area contributed by atoms with Crippen molar-refractivity contribution >= 4 is 33.2 Å². The number of hydrogen-bond acceptors (Lipinski definition) is 7. The maximum absolute atomic E-state index is 13.2. The first-order valence-electron chi connectivity index (χ1n) is 9.61. The lowest BCUT2D eigenvalue weighted by atomic mass is 10.1. The summed E-state index contributed by atoms with van der Waals surface area (Å²) in [5.74, 6) is 0.777. The summed E-state index contributed by atoms with van der Waals surface area (Å²) in [5.41, 5.74) is 2.77. The molecule has 0 aliphatic rings. The van der Waals surface area contributed by atoms with Gasteiger partial charge in [0.25, 0.3) is 11.4 Å². The Balaban J connectivity index is 1.53. The molecule has 5 rings (SSSR count). The van der Waals surface area contributed by atoms with Gasteiger partial charge in [0.2, 0.25) is 5.82 Å². The van der Waals surface area contributed by atoms with E-state index >= 15 is 0 Å². The minimum atomic E-state index is -0.158. The first-order chi connectivity index (χ1) is 15.5. The molecule has 156 valence electrons. The zero-order valence-electron chi connectivity index (χ0n) is 16.7. The van der Waals surface area contributed by atoms with Crippen LogP contribution in [0.25, 0.3) is 32.4 Å². The minimum absolute atomic E-state index is 0.158. The van der Waals surface area contributed by atoms with Gasteiger partial charge in [0.1, 0.15) is 4.83 Å². The van der Waals surface area contributed by atoms with Crippen LogP contribution < -0.4 is 5.56 Å². The van der Waals surface area contributed by atoms with E-state index in [0.29, 0.717) is 43.9 Å². The van der Waals surface area contributed by atoms with Crippen LogP contribution in [0.3, 0.4) is 0 Å². The number of fused-ring (bicyclic) bond motifs is 1. The lowest BCUT2D eigenvalue weighted by Crippen LogP contribution is -2.21. The average Bonchev–Trinajstić information content (AvgIpc) is 3.41. The van der Waals surface area contributed by atoms with E-state index in [1.165, 1.54) is 22.2 Å². The van der Waals surface area contributed by atoms with Crippen LogP contribution in [0.1, 0.15) is 16.7 Å². The molecule has 0 unspecified atom stereocenters. The second-order valence-electron chi connectivity index (χ2n) is 7.16. The third-order valence-corrected chi connectivity index (χ3v) is 6.49. The van der Waals surface area contributed by atoms with Crippen LogP contribution in [0.5, 0.6) is 0 Å². The summed E-state index contributed by atoms with van der Waals surface area (Å²) in [6.07, 6.45) is 1.52. The maximum Gasteiger partial charge on any atom is 0.268 e. The van der Waals surface area contributed by atoms with E-state index in [-0.39, 0.29) is 5.56 Å². The highest BCUT2D eigenvalue weighted by Crippen LogP contribution is 2.35. The predicted octanol–water partition coefficient (Wildman–Crippen LogP) is 5.06. The molecule has 0 amide bonds. The minimum Gasteiger partial charge on any atom is -0.333 e. The molecule has 0 saturated carbocycles. The maximum atomic E-state index is 13.2. The Morgan fingerprint density at radius 1 is 1.22 bits per heavy atom. The summed E-state index contributed by atoms with van der Waals surface area (Å²) in [6, 6.07) is 16.4. The van der Waals surface area contributed by atoms with Crippen LogP contribution in [-0.2, 0) is 6.54 Å². The SMILES string of the molecule is Cc1c(-c2nc(-c3ccc(Cl)cc3)no2)sc2ncn(Cc3cccc(C#N)c3)c(=O)c12. The van der Waals surface area contributed by atoms with Crippen molar-refractivity contribution in [3.05, 3.63) is 86.9 Å². The van der Waals surface area contributed by atoms with Crippen LogP contribution in [0.4, 0.5) is 0 Å². The van der Waals surface area contributed by atoms with Crippen molar-refractivity contribution in [3.8, 4) is 28.2 Å². The molecule has 2 aromatic carbocycles. The Morgan fingerprint density at radius 2 is 2.03 bits per heavy atom. The molecule has 0 atom stereocenters. The smallest absolute Gasteiger partial charge is 0.268 e. The van der Waals surface area contributed by atoms with E-state index in [2.05, 4.69) is 21.2 Å². The third-order valence-electron chi connectivity index (χ3n) is 5.05. The number of aryl methyl sites for hydroxylation is 1. The zero-order chi connectivity index (χ0) is 22.2. The second-order valence-corrected chi connectivity index (χ2v) is 8.59. The molecule has 0 aliphatic heterocycles. The standard InChI is InChI=1S/C23H14ClN5O2S/c1-13-18-22(26-12-29(23(18)30)11-15-4-2-3-14(9-15)10-25)32-19(13)21-27-20(28-31-21)16-5-7-17(24)8-6-16/h2-9,12H,11H2,1H3. The number of nitrogens with zero attached hydrogens (tertiary/aromatic N) is 5. The lowest BCUT2D eigenvalue weighted by molar-refractivity contribution is 0.433. The zero-order valence-corrected chi connectivity index (χ0v) is 18.3. The Labute approximate surface area is 191 Å². The molecule has 0 N–H and O–H groups in total. The van der Waals surface area contributed by atoms with Crippen LogP contribution in [0.2, 0.25) is 5.02 Å². The molecule has 0 fully saturated rings. The van der Waals surface area contributed by atoms with Gasteiger partial charge in [0, 0.05) is 10.6 Å². The summed E-state index contributed by atoms with van der Waals surface area (Å²) in [7, 11) is 0. The molecule has 32 heavy (non-hydrogen) atoms. The average molecular weight is 460 g/mol. The van der Waals surface area contributed by atoms with E-state index < -0.39 is 0 Å². The van der Waals surface area contributed by atoms with Gasteiger partial charge in [-0.05, 0) is 54.4 Å². The molecule has 0 bridgehead atoms. The Morgan fingerprint density at radius 3 is 2.81 bits per heavy atom. The molecule has 0 spiro atoms. The topological polar surface area (TPSA) is 97.6 Å². The van der Waals surface area contributed by atoms with Crippen LogP contribution in [0, 0.1) is 18.3 Å². The van der Waals surface area contributed by atoms with Gasteiger partial charge in [-0.25, -0.2) is 4.98 Å². The molecule has 5 aromatic rings. The first-order valence-corrected chi connectivity index (χ1v) is 10.8. The summed E-state index contributed by atoms with van der Waals surface area (Å²) in [5, 5.41) is 14.3. The molecule has 9 heteroatoms. The highest BCUT2D eigenvalue weighted by Gasteiger charge is 2.20. The Kier molecular flexibility index (Phi) is 5.05. The summed E-state index contributed by atoms with van der Waals surface area (Å²) < 4.78 is 7.02. The van der Waals surface area contributed by atoms with Gasteiger partial charge >= 0.3 is 0 Å². The summed E-state index contributed by atoms with van der Waals surface area (Å²) in [6.45, 7) is 2.17. The normalized spacial score (nSPS) is 11.0. The number of nitriles is 1. The Bertz CT molecular complexity index is 1560. The van der Waals surface area contributed by atoms with Crippen molar-refractivity contribution in [1.29, 1.82) is 5.26 Å². The van der Waals surface area contributed by atoms with Gasteiger partial charge < -0.3 is 4.52 Å². The van der Waals surface area contributed by atoms with E-state index in [4.69, 9.17) is 21.4 Å². The third kappa shape index (κ3) is 3.58. The van der Waals surface area contributed by atoms with Crippen LogP contribution in [-0.4, -0.2) is 19.7 Å². The van der Waals surface area contributed by atoms with Crippen molar-refractivity contribution in [3.63, 3.8) is 0 Å². The number of aromatic nitrogens is 4. The quantitative estimate of drug-likeness (QED) is 0.372. The molecule has 3 aromatic heterocycles. The molecular formula is C23H14ClN5O2S.